The molecule has 9 heteroatoms. The van der Waals surface area contributed by atoms with E-state index in [2.05, 4.69) is 5.32 Å². The predicted octanol–water partition coefficient (Wildman–Crippen LogP) is 2.35. The zero-order valence-electron chi connectivity index (χ0n) is 16.5. The predicted molar refractivity (Wildman–Crippen MR) is 108 cm³/mol. The molecule has 1 N–H and O–H groups in total. The van der Waals surface area contributed by atoms with Gasteiger partial charge in [0.2, 0.25) is 5.91 Å². The minimum atomic E-state index is -4.06. The van der Waals surface area contributed by atoms with Crippen LogP contribution in [0.2, 0.25) is 0 Å². The van der Waals surface area contributed by atoms with Crippen LogP contribution < -0.4 is 15.0 Å². The summed E-state index contributed by atoms with van der Waals surface area (Å²) in [5.41, 5.74) is 0.816. The molecule has 0 fully saturated rings. The summed E-state index contributed by atoms with van der Waals surface area (Å²) < 4.78 is 32.1. The monoisotopic (exact) mass is 417 g/mol. The number of urea groups is 1. The van der Waals surface area contributed by atoms with Crippen LogP contribution in [0, 0.1) is 0 Å². The van der Waals surface area contributed by atoms with Gasteiger partial charge in [0, 0.05) is 6.04 Å². The number of rotatable bonds is 6. The van der Waals surface area contributed by atoms with E-state index in [1.165, 1.54) is 24.1 Å². The standard InChI is InChI=1S/C20H23N3O5S/c1-14(2)21-19(24)13-22-17-6-4-5-7-18(17)29(26,27)23(20(22)25)12-15-8-10-16(28-3)11-9-15/h4-11,14H,12-13H2,1-3H3,(H,21,24). The number of ether oxygens (including phenoxy) is 1. The minimum absolute atomic E-state index is 0.00883. The van der Waals surface area contributed by atoms with Gasteiger partial charge in [0.05, 0.1) is 19.3 Å². The van der Waals surface area contributed by atoms with Gasteiger partial charge in [-0.15, -0.1) is 0 Å². The van der Waals surface area contributed by atoms with Crippen LogP contribution in [0.25, 0.3) is 0 Å². The average Bonchev–Trinajstić information content (AvgIpc) is 2.68. The van der Waals surface area contributed by atoms with Gasteiger partial charge < -0.3 is 10.1 Å². The number of hydrogen-bond donors (Lipinski definition) is 1. The number of carbonyl (C=O) groups is 2. The fraction of sp³-hybridized carbons (Fsp3) is 0.300. The number of amides is 3. The molecule has 1 aliphatic rings. The second-order valence-corrected chi connectivity index (χ2v) is 8.75. The molecule has 1 heterocycles. The second-order valence-electron chi connectivity index (χ2n) is 6.92. The van der Waals surface area contributed by atoms with Crippen molar-refractivity contribution in [3.63, 3.8) is 0 Å². The molecule has 2 aromatic rings. The molecule has 0 aliphatic carbocycles. The molecule has 29 heavy (non-hydrogen) atoms. The maximum atomic E-state index is 13.1. The average molecular weight is 417 g/mol. The van der Waals surface area contributed by atoms with Gasteiger partial charge in [0.1, 0.15) is 17.2 Å². The summed E-state index contributed by atoms with van der Waals surface area (Å²) >= 11 is 0. The first-order valence-corrected chi connectivity index (χ1v) is 10.5. The van der Waals surface area contributed by atoms with E-state index in [9.17, 15) is 18.0 Å². The lowest BCUT2D eigenvalue weighted by molar-refractivity contribution is -0.120. The molecule has 0 aromatic heterocycles. The maximum absolute atomic E-state index is 13.1. The van der Waals surface area contributed by atoms with Gasteiger partial charge in [-0.1, -0.05) is 24.3 Å². The van der Waals surface area contributed by atoms with Crippen LogP contribution in [0.3, 0.4) is 0 Å². The highest BCUT2D eigenvalue weighted by Gasteiger charge is 2.41. The molecule has 0 radical (unpaired) electrons. The largest absolute Gasteiger partial charge is 0.497 e. The molecule has 2 aromatic carbocycles. The Balaban J connectivity index is 1.98. The Bertz CT molecular complexity index is 1020. The van der Waals surface area contributed by atoms with Crippen molar-refractivity contribution in [1.82, 2.24) is 9.62 Å². The summed E-state index contributed by atoms with van der Waals surface area (Å²) in [6.07, 6.45) is 0. The number of para-hydroxylation sites is 1. The molecule has 0 saturated carbocycles. The molecule has 0 spiro atoms. The molecule has 0 bridgehead atoms. The van der Waals surface area contributed by atoms with Gasteiger partial charge >= 0.3 is 6.03 Å². The summed E-state index contributed by atoms with van der Waals surface area (Å²) in [5.74, 6) is 0.255. The third-order valence-corrected chi connectivity index (χ3v) is 6.17. The first-order chi connectivity index (χ1) is 13.7. The fourth-order valence-electron chi connectivity index (χ4n) is 3.07. The topological polar surface area (TPSA) is 96.0 Å². The number of nitrogens with one attached hydrogen (secondary N) is 1. The Morgan fingerprint density at radius 2 is 1.76 bits per heavy atom. The van der Waals surface area contributed by atoms with Gasteiger partial charge in [0.25, 0.3) is 10.0 Å². The number of hydrogen-bond acceptors (Lipinski definition) is 5. The first-order valence-electron chi connectivity index (χ1n) is 9.09. The number of carbonyl (C=O) groups excluding carboxylic acids is 2. The van der Waals surface area contributed by atoms with E-state index in [1.807, 2.05) is 13.8 Å². The van der Waals surface area contributed by atoms with Crippen LogP contribution in [0.5, 0.6) is 5.75 Å². The van der Waals surface area contributed by atoms with Crippen LogP contribution in [-0.2, 0) is 21.4 Å². The third kappa shape index (κ3) is 4.19. The molecular formula is C20H23N3O5S. The van der Waals surface area contributed by atoms with E-state index >= 15 is 0 Å². The van der Waals surface area contributed by atoms with Crippen LogP contribution >= 0.6 is 0 Å². The molecule has 1 aliphatic heterocycles. The zero-order chi connectivity index (χ0) is 21.2. The van der Waals surface area contributed by atoms with Crippen LogP contribution in [-0.4, -0.2) is 44.4 Å². The number of nitrogens with zero attached hydrogens (tertiary/aromatic N) is 2. The lowest BCUT2D eigenvalue weighted by Crippen LogP contribution is -2.53. The zero-order valence-corrected chi connectivity index (χ0v) is 17.3. The number of methoxy groups -OCH3 is 1. The lowest BCUT2D eigenvalue weighted by atomic mass is 10.2. The number of fused-ring (bicyclic) bond motifs is 1. The van der Waals surface area contributed by atoms with Gasteiger partial charge in [-0.25, -0.2) is 17.5 Å². The van der Waals surface area contributed by atoms with Crippen molar-refractivity contribution in [2.24, 2.45) is 0 Å². The summed E-state index contributed by atoms with van der Waals surface area (Å²) in [6, 6.07) is 12.1. The molecular weight excluding hydrogens is 394 g/mol. The van der Waals surface area contributed by atoms with Gasteiger partial charge in [0.15, 0.2) is 0 Å². The minimum Gasteiger partial charge on any atom is -0.497 e. The van der Waals surface area contributed by atoms with Gasteiger partial charge in [-0.2, -0.15) is 0 Å². The summed E-state index contributed by atoms with van der Waals surface area (Å²) in [4.78, 5) is 26.6. The highest BCUT2D eigenvalue weighted by molar-refractivity contribution is 7.90. The highest BCUT2D eigenvalue weighted by atomic mass is 32.2. The first kappa shape index (κ1) is 20.7. The highest BCUT2D eigenvalue weighted by Crippen LogP contribution is 2.35. The quantitative estimate of drug-likeness (QED) is 0.778. The Morgan fingerprint density at radius 3 is 2.38 bits per heavy atom. The molecule has 0 unspecified atom stereocenters. The number of benzene rings is 2. The van der Waals surface area contributed by atoms with Crippen molar-refractivity contribution >= 4 is 27.6 Å². The van der Waals surface area contributed by atoms with Crippen molar-refractivity contribution in [1.29, 1.82) is 0 Å². The molecule has 154 valence electrons. The molecule has 0 saturated heterocycles. The summed E-state index contributed by atoms with van der Waals surface area (Å²) in [7, 11) is -2.53. The summed E-state index contributed by atoms with van der Waals surface area (Å²) in [6.45, 7) is 3.19. The van der Waals surface area contributed by atoms with E-state index < -0.39 is 16.1 Å². The normalized spacial score (nSPS) is 15.2. The van der Waals surface area contributed by atoms with Crippen LogP contribution in [0.4, 0.5) is 10.5 Å². The fourth-order valence-corrected chi connectivity index (χ4v) is 4.62. The van der Waals surface area contributed by atoms with Crippen molar-refractivity contribution in [2.45, 2.75) is 31.3 Å². The number of anilines is 1. The van der Waals surface area contributed by atoms with E-state index in [1.54, 1.807) is 36.4 Å². The van der Waals surface area contributed by atoms with Crippen LogP contribution in [0.15, 0.2) is 53.4 Å². The van der Waals surface area contributed by atoms with E-state index in [-0.39, 0.29) is 35.6 Å². The smallest absolute Gasteiger partial charge is 0.339 e. The molecule has 8 nitrogen and oxygen atoms in total. The van der Waals surface area contributed by atoms with Gasteiger partial charge in [-0.3, -0.25) is 9.69 Å². The molecule has 0 atom stereocenters. The summed E-state index contributed by atoms with van der Waals surface area (Å²) in [5, 5.41) is 2.72. The van der Waals surface area contributed by atoms with Crippen LogP contribution in [0.1, 0.15) is 19.4 Å². The van der Waals surface area contributed by atoms with E-state index in [0.717, 1.165) is 4.31 Å². The molecule has 3 rings (SSSR count). The van der Waals surface area contributed by atoms with E-state index in [0.29, 0.717) is 11.3 Å². The maximum Gasteiger partial charge on any atom is 0.339 e. The van der Waals surface area contributed by atoms with Crippen molar-refractivity contribution in [2.75, 3.05) is 18.6 Å². The Kier molecular flexibility index (Phi) is 5.78. The number of sulfonamides is 1. The second kappa shape index (κ2) is 8.12. The van der Waals surface area contributed by atoms with Gasteiger partial charge in [-0.05, 0) is 43.7 Å². The lowest BCUT2D eigenvalue weighted by Gasteiger charge is -2.36. The van der Waals surface area contributed by atoms with Crippen molar-refractivity contribution in [3.8, 4) is 5.75 Å². The van der Waals surface area contributed by atoms with Crippen molar-refractivity contribution < 1.29 is 22.7 Å². The molecule has 3 amide bonds. The van der Waals surface area contributed by atoms with E-state index in [4.69, 9.17) is 4.74 Å². The SMILES string of the molecule is COc1ccc(CN2C(=O)N(CC(=O)NC(C)C)c3ccccc3S2(=O)=O)cc1. The Morgan fingerprint density at radius 1 is 1.10 bits per heavy atom. The Labute approximate surface area is 170 Å². The Hall–Kier alpha value is -3.07. The van der Waals surface area contributed by atoms with Crippen molar-refractivity contribution in [3.05, 3.63) is 54.1 Å². The third-order valence-electron chi connectivity index (χ3n) is 4.40.